The fourth-order valence-corrected chi connectivity index (χ4v) is 3.00. The van der Waals surface area contributed by atoms with Crippen LogP contribution in [-0.4, -0.2) is 5.91 Å². The molecule has 4 N–H and O–H groups in total. The molecule has 0 unspecified atom stereocenters. The van der Waals surface area contributed by atoms with E-state index in [-0.39, 0.29) is 5.91 Å². The number of nitrogen functional groups attached to an aromatic ring is 1. The third-order valence-corrected chi connectivity index (χ3v) is 4.14. The number of anilines is 2. The van der Waals surface area contributed by atoms with Gasteiger partial charge in [0.05, 0.1) is 16.9 Å². The molecular formula is C13H10Br2ClN3O. The van der Waals surface area contributed by atoms with Crippen molar-refractivity contribution in [2.75, 3.05) is 10.7 Å². The molecule has 0 bridgehead atoms. The van der Waals surface area contributed by atoms with E-state index in [1.54, 1.807) is 18.2 Å². The quantitative estimate of drug-likeness (QED) is 0.510. The first-order valence-corrected chi connectivity index (χ1v) is 7.51. The summed E-state index contributed by atoms with van der Waals surface area (Å²) in [7, 11) is 0. The monoisotopic (exact) mass is 417 g/mol. The number of nitrogens with one attached hydrogen (secondary N) is 2. The summed E-state index contributed by atoms with van der Waals surface area (Å²) in [6.07, 6.45) is 0. The van der Waals surface area contributed by atoms with Gasteiger partial charge in [-0.3, -0.25) is 10.6 Å². The second-order valence-electron chi connectivity index (χ2n) is 3.89. The molecular weight excluding hydrogens is 409 g/mol. The highest BCUT2D eigenvalue weighted by molar-refractivity contribution is 9.11. The average molecular weight is 420 g/mol. The Hall–Kier alpha value is -1.08. The van der Waals surface area contributed by atoms with Crippen LogP contribution in [0.3, 0.4) is 0 Å². The van der Waals surface area contributed by atoms with Gasteiger partial charge >= 0.3 is 0 Å². The molecule has 2 aromatic carbocycles. The van der Waals surface area contributed by atoms with Crippen LogP contribution in [0.1, 0.15) is 10.4 Å². The highest BCUT2D eigenvalue weighted by Crippen LogP contribution is 2.31. The van der Waals surface area contributed by atoms with Crippen LogP contribution in [0, 0.1) is 0 Å². The minimum atomic E-state index is -0.312. The van der Waals surface area contributed by atoms with Gasteiger partial charge in [0.1, 0.15) is 0 Å². The van der Waals surface area contributed by atoms with Gasteiger partial charge in [-0.2, -0.15) is 0 Å². The summed E-state index contributed by atoms with van der Waals surface area (Å²) in [5.74, 6) is 5.09. The molecule has 0 aliphatic carbocycles. The summed E-state index contributed by atoms with van der Waals surface area (Å²) in [4.78, 5) is 12.3. The summed E-state index contributed by atoms with van der Waals surface area (Å²) < 4.78 is 1.54. The van der Waals surface area contributed by atoms with Gasteiger partial charge in [-0.1, -0.05) is 17.7 Å². The fraction of sp³-hybridized carbons (Fsp3) is 0. The Kier molecular flexibility index (Phi) is 5.04. The summed E-state index contributed by atoms with van der Waals surface area (Å²) in [6.45, 7) is 0. The van der Waals surface area contributed by atoms with Crippen molar-refractivity contribution < 1.29 is 4.79 Å². The molecule has 0 heterocycles. The first kappa shape index (κ1) is 15.3. The Morgan fingerprint density at radius 2 is 1.80 bits per heavy atom. The summed E-state index contributed by atoms with van der Waals surface area (Å²) in [5.41, 5.74) is 3.97. The summed E-state index contributed by atoms with van der Waals surface area (Å²) in [6, 6.07) is 10.4. The van der Waals surface area contributed by atoms with Crippen LogP contribution in [-0.2, 0) is 0 Å². The van der Waals surface area contributed by atoms with Crippen molar-refractivity contribution in [2.45, 2.75) is 0 Å². The van der Waals surface area contributed by atoms with Gasteiger partial charge in [0, 0.05) is 14.0 Å². The molecule has 0 saturated carbocycles. The second kappa shape index (κ2) is 6.58. The van der Waals surface area contributed by atoms with Crippen molar-refractivity contribution in [1.82, 2.24) is 0 Å². The predicted octanol–water partition coefficient (Wildman–Crippen LogP) is 4.40. The van der Waals surface area contributed by atoms with Gasteiger partial charge in [-0.25, -0.2) is 0 Å². The molecule has 4 nitrogen and oxygen atoms in total. The standard InChI is InChI=1S/C13H10Br2ClN3O/c14-9-2-1-3-10(15)12(9)18-13(20)8-6-7(16)4-5-11(8)19-17/h1-6,19H,17H2,(H,18,20). The molecule has 104 valence electrons. The van der Waals surface area contributed by atoms with Crippen LogP contribution < -0.4 is 16.6 Å². The maximum atomic E-state index is 12.3. The zero-order valence-corrected chi connectivity index (χ0v) is 14.0. The van der Waals surface area contributed by atoms with Crippen LogP contribution in [0.5, 0.6) is 0 Å². The SMILES string of the molecule is NNc1ccc(Cl)cc1C(=O)Nc1c(Br)cccc1Br. The van der Waals surface area contributed by atoms with E-state index in [4.69, 9.17) is 17.4 Å². The third kappa shape index (κ3) is 3.32. The number of halogens is 3. The topological polar surface area (TPSA) is 67.1 Å². The number of carbonyl (C=O) groups is 1. The number of para-hydroxylation sites is 1. The number of hydrazine groups is 1. The third-order valence-electron chi connectivity index (χ3n) is 2.58. The molecule has 0 saturated heterocycles. The average Bonchev–Trinajstić information content (AvgIpc) is 2.43. The van der Waals surface area contributed by atoms with E-state index in [9.17, 15) is 4.79 Å². The molecule has 1 amide bonds. The normalized spacial score (nSPS) is 10.2. The van der Waals surface area contributed by atoms with E-state index in [2.05, 4.69) is 42.6 Å². The number of hydrogen-bond acceptors (Lipinski definition) is 3. The largest absolute Gasteiger partial charge is 0.323 e. The molecule has 7 heteroatoms. The van der Waals surface area contributed by atoms with Crippen LogP contribution in [0.15, 0.2) is 45.3 Å². The highest BCUT2D eigenvalue weighted by Gasteiger charge is 2.14. The highest BCUT2D eigenvalue weighted by atomic mass is 79.9. The van der Waals surface area contributed by atoms with Crippen LogP contribution >= 0.6 is 43.5 Å². The maximum absolute atomic E-state index is 12.3. The molecule has 0 aliphatic rings. The van der Waals surface area contributed by atoms with E-state index in [1.807, 2.05) is 18.2 Å². The minimum Gasteiger partial charge on any atom is -0.323 e. The minimum absolute atomic E-state index is 0.312. The van der Waals surface area contributed by atoms with Gasteiger partial charge in [-0.05, 0) is 62.2 Å². The molecule has 2 rings (SSSR count). The Labute approximate surface area is 137 Å². The summed E-state index contributed by atoms with van der Waals surface area (Å²) >= 11 is 12.7. The lowest BCUT2D eigenvalue weighted by molar-refractivity contribution is 0.102. The molecule has 0 fully saturated rings. The first-order chi connectivity index (χ1) is 9.52. The van der Waals surface area contributed by atoms with Crippen molar-refractivity contribution >= 4 is 60.7 Å². The number of benzene rings is 2. The lowest BCUT2D eigenvalue weighted by Gasteiger charge is -2.12. The van der Waals surface area contributed by atoms with Crippen LogP contribution in [0.2, 0.25) is 5.02 Å². The van der Waals surface area contributed by atoms with Gasteiger partial charge in [0.25, 0.3) is 5.91 Å². The van der Waals surface area contributed by atoms with E-state index in [1.165, 1.54) is 0 Å². The molecule has 2 aromatic rings. The van der Waals surface area contributed by atoms with Gasteiger partial charge in [0.2, 0.25) is 0 Å². The van der Waals surface area contributed by atoms with Crippen molar-refractivity contribution in [1.29, 1.82) is 0 Å². The van der Waals surface area contributed by atoms with E-state index in [0.29, 0.717) is 22.0 Å². The smallest absolute Gasteiger partial charge is 0.257 e. The number of nitrogens with two attached hydrogens (primary N) is 1. The Morgan fingerprint density at radius 3 is 2.40 bits per heavy atom. The van der Waals surface area contributed by atoms with Gasteiger partial charge < -0.3 is 10.7 Å². The van der Waals surface area contributed by atoms with Gasteiger partial charge in [-0.15, -0.1) is 0 Å². The van der Waals surface area contributed by atoms with Crippen LogP contribution in [0.25, 0.3) is 0 Å². The number of hydrogen-bond donors (Lipinski definition) is 3. The first-order valence-electron chi connectivity index (χ1n) is 5.54. The molecule has 0 atom stereocenters. The van der Waals surface area contributed by atoms with Gasteiger partial charge in [0.15, 0.2) is 0 Å². The lowest BCUT2D eigenvalue weighted by atomic mass is 10.1. The lowest BCUT2D eigenvalue weighted by Crippen LogP contribution is -2.17. The van der Waals surface area contributed by atoms with E-state index in [0.717, 1.165) is 8.95 Å². The van der Waals surface area contributed by atoms with Crippen LogP contribution in [0.4, 0.5) is 11.4 Å². The maximum Gasteiger partial charge on any atom is 0.257 e. The molecule has 0 spiro atoms. The molecule has 0 radical (unpaired) electrons. The predicted molar refractivity (Wildman–Crippen MR) is 89.1 cm³/mol. The van der Waals surface area contributed by atoms with Crippen molar-refractivity contribution in [3.05, 3.63) is 55.9 Å². The van der Waals surface area contributed by atoms with E-state index >= 15 is 0 Å². The zero-order valence-electron chi connectivity index (χ0n) is 10.1. The molecule has 20 heavy (non-hydrogen) atoms. The Bertz CT molecular complexity index is 644. The Balaban J connectivity index is 2.35. The number of carbonyl (C=O) groups excluding carboxylic acids is 1. The van der Waals surface area contributed by atoms with Crippen molar-refractivity contribution in [2.24, 2.45) is 5.84 Å². The Morgan fingerprint density at radius 1 is 1.15 bits per heavy atom. The zero-order chi connectivity index (χ0) is 14.7. The fourth-order valence-electron chi connectivity index (χ4n) is 1.63. The van der Waals surface area contributed by atoms with Crippen molar-refractivity contribution in [3.8, 4) is 0 Å². The molecule has 0 aromatic heterocycles. The number of amides is 1. The van der Waals surface area contributed by atoms with Crippen molar-refractivity contribution in [3.63, 3.8) is 0 Å². The number of rotatable bonds is 3. The van der Waals surface area contributed by atoms with E-state index < -0.39 is 0 Å². The second-order valence-corrected chi connectivity index (χ2v) is 6.03. The molecule has 0 aliphatic heterocycles. The summed E-state index contributed by atoms with van der Waals surface area (Å²) in [5, 5.41) is 3.27.